The molecule has 0 unspecified atom stereocenters. The Kier molecular flexibility index (Phi) is 6.24. The van der Waals surface area contributed by atoms with Gasteiger partial charge in [0, 0.05) is 45.7 Å². The van der Waals surface area contributed by atoms with Crippen LogP contribution in [0.5, 0.6) is 0 Å². The minimum Gasteiger partial charge on any atom is -0.480 e. The van der Waals surface area contributed by atoms with Crippen molar-refractivity contribution < 1.29 is 24.2 Å². The smallest absolute Gasteiger partial charge is 0.329 e. The molecule has 2 N–H and O–H groups in total. The van der Waals surface area contributed by atoms with Gasteiger partial charge in [-0.1, -0.05) is 30.3 Å². The lowest BCUT2D eigenvalue weighted by Gasteiger charge is -2.36. The van der Waals surface area contributed by atoms with E-state index in [1.165, 1.54) is 5.56 Å². The van der Waals surface area contributed by atoms with E-state index in [0.29, 0.717) is 39.2 Å². The van der Waals surface area contributed by atoms with Crippen molar-refractivity contribution in [1.29, 1.82) is 0 Å². The molecule has 1 amide bonds. The van der Waals surface area contributed by atoms with E-state index in [0.717, 1.165) is 13.1 Å². The Morgan fingerprint density at radius 2 is 1.92 bits per heavy atom. The molecule has 2 saturated heterocycles. The fraction of sp³-hybridized carbons (Fsp3) is 0.579. The van der Waals surface area contributed by atoms with Crippen LogP contribution in [0.25, 0.3) is 0 Å². The molecule has 0 spiro atoms. The van der Waals surface area contributed by atoms with Gasteiger partial charge in [0.15, 0.2) is 0 Å². The Hall–Kier alpha value is -1.96. The molecular weight excluding hydrogens is 336 g/mol. The summed E-state index contributed by atoms with van der Waals surface area (Å²) in [7, 11) is 0. The summed E-state index contributed by atoms with van der Waals surface area (Å²) in [4.78, 5) is 26.4. The number of carboxylic acids is 1. The van der Waals surface area contributed by atoms with E-state index in [1.807, 2.05) is 18.2 Å². The predicted molar refractivity (Wildman–Crippen MR) is 94.6 cm³/mol. The third-order valence-electron chi connectivity index (χ3n) is 5.02. The molecule has 142 valence electrons. The number of nitrogens with zero attached hydrogens (tertiary/aromatic N) is 1. The van der Waals surface area contributed by atoms with Gasteiger partial charge in [-0.2, -0.15) is 0 Å². The number of amides is 1. The second-order valence-corrected chi connectivity index (χ2v) is 6.97. The summed E-state index contributed by atoms with van der Waals surface area (Å²) in [6, 6.07) is 10.2. The molecule has 7 nitrogen and oxygen atoms in total. The van der Waals surface area contributed by atoms with Crippen LogP contribution in [0, 0.1) is 0 Å². The average molecular weight is 362 g/mol. The van der Waals surface area contributed by atoms with E-state index in [-0.39, 0.29) is 18.4 Å². The lowest BCUT2D eigenvalue weighted by atomic mass is 9.90. The second kappa shape index (κ2) is 8.62. The summed E-state index contributed by atoms with van der Waals surface area (Å²) in [6.07, 6.45) is 0.527. The third kappa shape index (κ3) is 4.81. The maximum Gasteiger partial charge on any atom is 0.329 e. The molecular formula is C19H26N2O5. The molecule has 0 aliphatic carbocycles. The topological polar surface area (TPSA) is 88.1 Å². The number of morpholine rings is 1. The Bertz CT molecular complexity index is 616. The van der Waals surface area contributed by atoms with Crippen LogP contribution >= 0.6 is 0 Å². The van der Waals surface area contributed by atoms with E-state index >= 15 is 0 Å². The SMILES string of the molecule is O=C(C[C@H]1CN(Cc2ccccc2)CCO1)NC1(C(=O)O)CCOCC1. The monoisotopic (exact) mass is 362 g/mol. The number of hydrogen-bond acceptors (Lipinski definition) is 5. The molecule has 0 bridgehead atoms. The van der Waals surface area contributed by atoms with Crippen molar-refractivity contribution in [2.24, 2.45) is 0 Å². The van der Waals surface area contributed by atoms with Gasteiger partial charge in [0.2, 0.25) is 5.91 Å². The maximum atomic E-state index is 12.4. The highest BCUT2D eigenvalue weighted by Crippen LogP contribution is 2.22. The van der Waals surface area contributed by atoms with E-state index < -0.39 is 11.5 Å². The fourth-order valence-electron chi connectivity index (χ4n) is 3.53. The van der Waals surface area contributed by atoms with E-state index in [4.69, 9.17) is 9.47 Å². The van der Waals surface area contributed by atoms with Crippen molar-refractivity contribution in [1.82, 2.24) is 10.2 Å². The highest BCUT2D eigenvalue weighted by Gasteiger charge is 2.42. The number of ether oxygens (including phenoxy) is 2. The second-order valence-electron chi connectivity index (χ2n) is 6.97. The van der Waals surface area contributed by atoms with Gasteiger partial charge >= 0.3 is 5.97 Å². The van der Waals surface area contributed by atoms with Gasteiger partial charge < -0.3 is 19.9 Å². The van der Waals surface area contributed by atoms with Crippen LogP contribution in [0.2, 0.25) is 0 Å². The zero-order valence-electron chi connectivity index (χ0n) is 14.9. The van der Waals surface area contributed by atoms with Gasteiger partial charge in [-0.3, -0.25) is 9.69 Å². The highest BCUT2D eigenvalue weighted by atomic mass is 16.5. The number of hydrogen-bond donors (Lipinski definition) is 2. The Balaban J connectivity index is 1.52. The van der Waals surface area contributed by atoms with Crippen molar-refractivity contribution in [2.45, 2.75) is 37.5 Å². The summed E-state index contributed by atoms with van der Waals surface area (Å²) in [5.74, 6) is -1.27. The molecule has 2 fully saturated rings. The number of benzene rings is 1. The number of aliphatic carboxylic acids is 1. The normalized spacial score (nSPS) is 23.3. The number of carboxylic acid groups (broad SMARTS) is 1. The average Bonchev–Trinajstić information content (AvgIpc) is 2.63. The molecule has 1 aromatic carbocycles. The molecule has 2 heterocycles. The minimum atomic E-state index is -1.21. The van der Waals surface area contributed by atoms with Crippen LogP contribution in [0.4, 0.5) is 0 Å². The maximum absolute atomic E-state index is 12.4. The van der Waals surface area contributed by atoms with Crippen LogP contribution in [-0.2, 0) is 25.6 Å². The van der Waals surface area contributed by atoms with E-state index in [2.05, 4.69) is 22.3 Å². The van der Waals surface area contributed by atoms with Gasteiger partial charge in [0.25, 0.3) is 0 Å². The number of carbonyl (C=O) groups is 2. The summed E-state index contributed by atoms with van der Waals surface area (Å²) in [5, 5.41) is 12.3. The van der Waals surface area contributed by atoms with Crippen molar-refractivity contribution in [3.63, 3.8) is 0 Å². The van der Waals surface area contributed by atoms with Crippen LogP contribution in [0.1, 0.15) is 24.8 Å². The lowest BCUT2D eigenvalue weighted by molar-refractivity contribution is -0.152. The Morgan fingerprint density at radius 3 is 2.62 bits per heavy atom. The van der Waals surface area contributed by atoms with Gasteiger partial charge in [-0.15, -0.1) is 0 Å². The largest absolute Gasteiger partial charge is 0.480 e. The molecule has 2 aliphatic heterocycles. The molecule has 0 saturated carbocycles. The first-order valence-electron chi connectivity index (χ1n) is 9.07. The number of carbonyl (C=O) groups excluding carboxylic acids is 1. The quantitative estimate of drug-likeness (QED) is 0.786. The number of nitrogens with one attached hydrogen (secondary N) is 1. The highest BCUT2D eigenvalue weighted by molar-refractivity contribution is 5.87. The van der Waals surface area contributed by atoms with Gasteiger partial charge in [0.1, 0.15) is 5.54 Å². The van der Waals surface area contributed by atoms with E-state index in [1.54, 1.807) is 0 Å². The molecule has 3 rings (SSSR count). The molecule has 7 heteroatoms. The summed E-state index contributed by atoms with van der Waals surface area (Å²) in [5.41, 5.74) is 0.0120. The summed E-state index contributed by atoms with van der Waals surface area (Å²) >= 11 is 0. The molecule has 0 aromatic heterocycles. The summed E-state index contributed by atoms with van der Waals surface area (Å²) < 4.78 is 11.0. The Labute approximate surface area is 153 Å². The fourth-order valence-corrected chi connectivity index (χ4v) is 3.53. The van der Waals surface area contributed by atoms with Crippen molar-refractivity contribution in [2.75, 3.05) is 32.9 Å². The predicted octanol–water partition coefficient (Wildman–Crippen LogP) is 1.03. The van der Waals surface area contributed by atoms with Crippen LogP contribution < -0.4 is 5.32 Å². The first-order chi connectivity index (χ1) is 12.6. The molecule has 0 radical (unpaired) electrons. The molecule has 26 heavy (non-hydrogen) atoms. The van der Waals surface area contributed by atoms with Gasteiger partial charge in [-0.25, -0.2) is 4.79 Å². The van der Waals surface area contributed by atoms with Gasteiger partial charge in [-0.05, 0) is 5.56 Å². The minimum absolute atomic E-state index is 0.168. The summed E-state index contributed by atoms with van der Waals surface area (Å²) in [6.45, 7) is 3.56. The zero-order valence-corrected chi connectivity index (χ0v) is 14.9. The Morgan fingerprint density at radius 1 is 1.19 bits per heavy atom. The number of rotatable bonds is 6. The van der Waals surface area contributed by atoms with Crippen molar-refractivity contribution >= 4 is 11.9 Å². The first-order valence-corrected chi connectivity index (χ1v) is 9.07. The van der Waals surface area contributed by atoms with E-state index in [9.17, 15) is 14.7 Å². The standard InChI is InChI=1S/C19H26N2O5/c22-17(20-19(18(23)24)6-9-25-10-7-19)12-16-14-21(8-11-26-16)13-15-4-2-1-3-5-15/h1-5,16H,6-14H2,(H,20,22)(H,23,24)/t16-/m0/s1. The van der Waals surface area contributed by atoms with Crippen LogP contribution in [0.15, 0.2) is 30.3 Å². The zero-order chi connectivity index (χ0) is 18.4. The first kappa shape index (κ1) is 18.8. The van der Waals surface area contributed by atoms with Crippen molar-refractivity contribution in [3.05, 3.63) is 35.9 Å². The van der Waals surface area contributed by atoms with Gasteiger partial charge in [0.05, 0.1) is 19.1 Å². The third-order valence-corrected chi connectivity index (χ3v) is 5.02. The van der Waals surface area contributed by atoms with Crippen LogP contribution in [-0.4, -0.2) is 66.4 Å². The molecule has 1 aromatic rings. The molecule has 2 aliphatic rings. The van der Waals surface area contributed by atoms with Crippen LogP contribution in [0.3, 0.4) is 0 Å². The molecule has 1 atom stereocenters. The lowest BCUT2D eigenvalue weighted by Crippen LogP contribution is -2.58. The van der Waals surface area contributed by atoms with Crippen molar-refractivity contribution in [3.8, 4) is 0 Å².